The summed E-state index contributed by atoms with van der Waals surface area (Å²) in [6, 6.07) is 36.7. The van der Waals surface area contributed by atoms with Gasteiger partial charge < -0.3 is 0 Å². The van der Waals surface area contributed by atoms with Crippen LogP contribution in [0.2, 0.25) is 0 Å². The average Bonchev–Trinajstić information content (AvgIpc) is 3.62. The second-order valence-electron chi connectivity index (χ2n) is 15.5. The molecule has 0 N–H and O–H groups in total. The van der Waals surface area contributed by atoms with Crippen molar-refractivity contribution in [3.63, 3.8) is 0 Å². The molecule has 49 heavy (non-hydrogen) atoms. The minimum atomic E-state index is 0. The summed E-state index contributed by atoms with van der Waals surface area (Å²) in [5.74, 6) is 0.522. The molecule has 0 amide bonds. The van der Waals surface area contributed by atoms with Crippen molar-refractivity contribution in [1.29, 1.82) is 0 Å². The molecule has 0 heterocycles. The van der Waals surface area contributed by atoms with Crippen LogP contribution in [0.15, 0.2) is 96.6 Å². The molecule has 4 aromatic rings. The SMILES string of the molecule is CC(C)(C)c1c[c-]c2c(c1)-c1cc(C(C)(C)C)ccc1C2.CC1[C-]=CC(C(C)(C)C)=C1.Cc1cc[c-]cc1.Cc1cc[c-]cc1.Cl.Cl.[CH2]=[Zr]. The minimum absolute atomic E-state index is 0. The Labute approximate surface area is 328 Å². The zero-order valence-electron chi connectivity index (χ0n) is 32.0. The number of halogens is 2. The number of hydrogen-bond donors (Lipinski definition) is 0. The summed E-state index contributed by atoms with van der Waals surface area (Å²) in [6.07, 6.45) is 8.68. The van der Waals surface area contributed by atoms with Crippen LogP contribution in [0.3, 0.4) is 0 Å². The quantitative estimate of drug-likeness (QED) is 0.138. The van der Waals surface area contributed by atoms with Gasteiger partial charge in [-0.2, -0.15) is 113 Å². The molecule has 0 bridgehead atoms. The fourth-order valence-electron chi connectivity index (χ4n) is 4.98. The molecule has 3 heteroatoms. The van der Waals surface area contributed by atoms with Crippen LogP contribution >= 0.6 is 24.8 Å². The molecular weight excluding hydrogens is 715 g/mol. The van der Waals surface area contributed by atoms with Crippen LogP contribution in [-0.4, -0.2) is 4.21 Å². The van der Waals surface area contributed by atoms with E-state index in [1.165, 1.54) is 74.3 Å². The Morgan fingerprint density at radius 2 is 1.12 bits per heavy atom. The second kappa shape index (κ2) is 21.1. The van der Waals surface area contributed by atoms with Gasteiger partial charge in [0.15, 0.2) is 0 Å². The number of allylic oxidation sites excluding steroid dienone is 4. The Balaban J connectivity index is 0.000000688. The Kier molecular flexibility index (Phi) is 20.2. The topological polar surface area (TPSA) is 0 Å². The number of rotatable bonds is 0. The van der Waals surface area contributed by atoms with Crippen LogP contribution in [-0.2, 0) is 41.5 Å². The molecule has 0 nitrogen and oxygen atoms in total. The van der Waals surface area contributed by atoms with Crippen LogP contribution in [0.25, 0.3) is 11.1 Å². The zero-order chi connectivity index (χ0) is 35.4. The zero-order valence-corrected chi connectivity index (χ0v) is 36.1. The molecule has 0 aromatic heterocycles. The van der Waals surface area contributed by atoms with Crippen LogP contribution < -0.4 is 0 Å². The summed E-state index contributed by atoms with van der Waals surface area (Å²) in [6.45, 7) is 26.6. The standard InChI is InChI=1S/C21H25.C10H15.2C7H7.CH2.2ClH.Zr/c1-20(2,3)16-9-7-14-11-15-8-10-17(21(4,5)6)13-19(15)18(14)12-16;1-8-5-6-9(7-8)10(2,3)4;2*1-7-5-3-2-4-6-7;;;;/h7,9-10,12-13H,11H2,1-6H3;6-8H,1-4H3;2*3-6H,1H3;1H2;2*1H;/q4*-1;;;;. The molecule has 1 atom stereocenters. The van der Waals surface area contributed by atoms with Crippen molar-refractivity contribution in [3.05, 3.63) is 154 Å². The molecule has 2 aliphatic carbocycles. The van der Waals surface area contributed by atoms with E-state index in [0.717, 1.165) is 6.42 Å². The first-order chi connectivity index (χ1) is 21.9. The number of benzene rings is 4. The fraction of sp³-hybridized carbons (Fsp3) is 0.370. The summed E-state index contributed by atoms with van der Waals surface area (Å²) in [5, 5.41) is 0. The van der Waals surface area contributed by atoms with E-state index in [4.69, 9.17) is 0 Å². The van der Waals surface area contributed by atoms with E-state index in [2.05, 4.69) is 154 Å². The average molecular weight is 773 g/mol. The first-order valence-electron chi connectivity index (χ1n) is 16.7. The van der Waals surface area contributed by atoms with Gasteiger partial charge in [0.2, 0.25) is 0 Å². The van der Waals surface area contributed by atoms with Gasteiger partial charge in [-0.1, -0.05) is 129 Å². The normalized spacial score (nSPS) is 13.7. The van der Waals surface area contributed by atoms with Gasteiger partial charge in [0.1, 0.15) is 0 Å². The molecule has 0 saturated heterocycles. The summed E-state index contributed by atoms with van der Waals surface area (Å²) < 4.78 is 3.34. The summed E-state index contributed by atoms with van der Waals surface area (Å²) >= 11 is 1.30. The Morgan fingerprint density at radius 1 is 0.653 bits per heavy atom. The van der Waals surface area contributed by atoms with Gasteiger partial charge >= 0.3 is 28.4 Å². The molecule has 2 aliphatic rings. The van der Waals surface area contributed by atoms with E-state index in [-0.39, 0.29) is 35.6 Å². The molecule has 0 spiro atoms. The molecular formula is C46H58Cl2Zr-4. The van der Waals surface area contributed by atoms with E-state index in [9.17, 15) is 0 Å². The van der Waals surface area contributed by atoms with Crippen LogP contribution in [0.5, 0.6) is 0 Å². The molecule has 1 unspecified atom stereocenters. The van der Waals surface area contributed by atoms with Crippen molar-refractivity contribution >= 4 is 29.0 Å². The molecule has 0 aliphatic heterocycles. The third-order valence-corrected chi connectivity index (χ3v) is 8.09. The first kappa shape index (κ1) is 46.7. The molecule has 0 radical (unpaired) electrons. The van der Waals surface area contributed by atoms with Gasteiger partial charge in [0.05, 0.1) is 0 Å². The third kappa shape index (κ3) is 15.6. The Morgan fingerprint density at radius 3 is 1.47 bits per heavy atom. The number of hydrogen-bond acceptors (Lipinski definition) is 0. The van der Waals surface area contributed by atoms with Crippen molar-refractivity contribution in [2.75, 3.05) is 0 Å². The second-order valence-corrected chi connectivity index (χ2v) is 15.5. The van der Waals surface area contributed by atoms with Gasteiger partial charge in [-0.05, 0) is 17.4 Å². The fourth-order valence-corrected chi connectivity index (χ4v) is 4.98. The first-order valence-corrected chi connectivity index (χ1v) is 18.4. The maximum absolute atomic E-state index is 3.53. The van der Waals surface area contributed by atoms with Gasteiger partial charge in [0.25, 0.3) is 0 Å². The molecule has 264 valence electrons. The van der Waals surface area contributed by atoms with Gasteiger partial charge in [-0.3, -0.25) is 6.08 Å². The van der Waals surface area contributed by atoms with Gasteiger partial charge in [0, 0.05) is 0 Å². The number of aryl methyl sites for hydroxylation is 2. The third-order valence-electron chi connectivity index (χ3n) is 8.09. The van der Waals surface area contributed by atoms with Crippen molar-refractivity contribution in [3.8, 4) is 11.1 Å². The number of fused-ring (bicyclic) bond motifs is 3. The molecule has 6 rings (SSSR count). The van der Waals surface area contributed by atoms with Gasteiger partial charge in [-0.25, -0.2) is 6.08 Å². The summed E-state index contributed by atoms with van der Waals surface area (Å²) in [7, 11) is 0. The van der Waals surface area contributed by atoms with Crippen molar-refractivity contribution < 1.29 is 24.2 Å². The van der Waals surface area contributed by atoms with E-state index in [1.807, 2.05) is 48.5 Å². The van der Waals surface area contributed by atoms with E-state index in [0.29, 0.717) is 11.3 Å². The van der Waals surface area contributed by atoms with Crippen molar-refractivity contribution in [2.24, 2.45) is 11.3 Å². The Bertz CT molecular complexity index is 1500. The van der Waals surface area contributed by atoms with Crippen LogP contribution in [0.1, 0.15) is 103 Å². The predicted molar refractivity (Wildman–Crippen MR) is 217 cm³/mol. The predicted octanol–water partition coefficient (Wildman–Crippen LogP) is 13.0. The van der Waals surface area contributed by atoms with Crippen LogP contribution in [0.4, 0.5) is 0 Å². The monoisotopic (exact) mass is 770 g/mol. The summed E-state index contributed by atoms with van der Waals surface area (Å²) in [5.41, 5.74) is 13.1. The van der Waals surface area contributed by atoms with E-state index in [1.54, 1.807) is 0 Å². The Hall–Kier alpha value is -2.31. The molecule has 0 fully saturated rings. The maximum atomic E-state index is 3.53. The van der Waals surface area contributed by atoms with E-state index < -0.39 is 0 Å². The molecule has 4 aromatic carbocycles. The van der Waals surface area contributed by atoms with E-state index >= 15 is 0 Å². The van der Waals surface area contributed by atoms with Crippen LogP contribution in [0, 0.1) is 49.5 Å². The molecule has 0 saturated carbocycles. The van der Waals surface area contributed by atoms with Crippen molar-refractivity contribution in [1.82, 2.24) is 0 Å². The van der Waals surface area contributed by atoms with Gasteiger partial charge in [-0.15, -0.1) is 30.4 Å². The summed E-state index contributed by atoms with van der Waals surface area (Å²) in [4.78, 5) is 0. The van der Waals surface area contributed by atoms with Crippen molar-refractivity contribution in [2.45, 2.75) is 100 Å².